The first-order chi connectivity index (χ1) is 14.1. The van der Waals surface area contributed by atoms with Gasteiger partial charge in [-0.1, -0.05) is 12.1 Å². The summed E-state index contributed by atoms with van der Waals surface area (Å²) in [5.41, 5.74) is 1.99. The molecule has 0 aliphatic rings. The molecular weight excluding hydrogens is 368 g/mol. The number of rotatable bonds is 7. The van der Waals surface area contributed by atoms with Crippen molar-refractivity contribution >= 4 is 23.2 Å². The molecule has 0 aliphatic carbocycles. The number of benzene rings is 3. The van der Waals surface area contributed by atoms with Crippen LogP contribution in [0.15, 0.2) is 72.8 Å². The van der Waals surface area contributed by atoms with Crippen molar-refractivity contribution in [3.05, 3.63) is 83.9 Å². The minimum atomic E-state index is -0.282. The number of nitrogens with one attached hydrogen (secondary N) is 2. The van der Waals surface area contributed by atoms with Gasteiger partial charge < -0.3 is 20.1 Å². The van der Waals surface area contributed by atoms with Gasteiger partial charge in [-0.3, -0.25) is 9.59 Å². The van der Waals surface area contributed by atoms with Crippen molar-refractivity contribution in [3.63, 3.8) is 0 Å². The Morgan fingerprint density at radius 3 is 1.59 bits per heavy atom. The smallest absolute Gasteiger partial charge is 0.255 e. The lowest BCUT2D eigenvalue weighted by Crippen LogP contribution is -2.16. The third-order valence-electron chi connectivity index (χ3n) is 4.20. The summed E-state index contributed by atoms with van der Waals surface area (Å²) in [5.74, 6) is 0.815. The second-order valence-corrected chi connectivity index (χ2v) is 6.14. The van der Waals surface area contributed by atoms with Crippen LogP contribution in [0, 0.1) is 0 Å². The number of carbonyl (C=O) groups is 2. The van der Waals surface area contributed by atoms with Crippen LogP contribution in [0.5, 0.6) is 11.5 Å². The summed E-state index contributed by atoms with van der Waals surface area (Å²) in [6, 6.07) is 20.7. The molecule has 0 fully saturated rings. The highest BCUT2D eigenvalue weighted by Gasteiger charge is 2.12. The van der Waals surface area contributed by atoms with Gasteiger partial charge in [-0.05, 0) is 67.6 Å². The molecule has 148 valence electrons. The zero-order valence-corrected chi connectivity index (χ0v) is 16.3. The Kier molecular flexibility index (Phi) is 6.47. The van der Waals surface area contributed by atoms with E-state index in [9.17, 15) is 9.59 Å². The van der Waals surface area contributed by atoms with Crippen LogP contribution in [0.3, 0.4) is 0 Å². The topological polar surface area (TPSA) is 76.7 Å². The summed E-state index contributed by atoms with van der Waals surface area (Å²) in [6.07, 6.45) is 0. The summed E-state index contributed by atoms with van der Waals surface area (Å²) < 4.78 is 10.5. The predicted molar refractivity (Wildman–Crippen MR) is 113 cm³/mol. The van der Waals surface area contributed by atoms with Crippen LogP contribution in [-0.2, 0) is 0 Å². The molecule has 3 aromatic rings. The van der Waals surface area contributed by atoms with E-state index in [1.165, 1.54) is 0 Å². The largest absolute Gasteiger partial charge is 0.497 e. The van der Waals surface area contributed by atoms with Gasteiger partial charge in [0.1, 0.15) is 11.5 Å². The summed E-state index contributed by atoms with van der Waals surface area (Å²) in [5, 5.41) is 5.67. The molecule has 0 spiro atoms. The van der Waals surface area contributed by atoms with Crippen molar-refractivity contribution in [2.45, 2.75) is 6.92 Å². The predicted octanol–water partition coefficient (Wildman–Crippen LogP) is 4.60. The number of carbonyl (C=O) groups excluding carboxylic acids is 2. The Hall–Kier alpha value is -3.80. The number of anilines is 2. The highest BCUT2D eigenvalue weighted by molar-refractivity contribution is 6.10. The molecule has 0 radical (unpaired) electrons. The van der Waals surface area contributed by atoms with Gasteiger partial charge in [0.15, 0.2) is 0 Å². The van der Waals surface area contributed by atoms with Crippen LogP contribution in [0.1, 0.15) is 27.6 Å². The fourth-order valence-electron chi connectivity index (χ4n) is 2.70. The Morgan fingerprint density at radius 1 is 0.724 bits per heavy atom. The normalized spacial score (nSPS) is 10.1. The van der Waals surface area contributed by atoms with Crippen molar-refractivity contribution in [3.8, 4) is 11.5 Å². The molecule has 0 heterocycles. The second kappa shape index (κ2) is 9.41. The van der Waals surface area contributed by atoms with Gasteiger partial charge in [-0.15, -0.1) is 0 Å². The molecule has 2 N–H and O–H groups in total. The van der Waals surface area contributed by atoms with E-state index in [4.69, 9.17) is 9.47 Å². The third-order valence-corrected chi connectivity index (χ3v) is 4.20. The molecule has 6 nitrogen and oxygen atoms in total. The van der Waals surface area contributed by atoms with E-state index in [-0.39, 0.29) is 11.8 Å². The molecule has 0 bridgehead atoms. The van der Waals surface area contributed by atoms with Crippen LogP contribution in [0.2, 0.25) is 0 Å². The average molecular weight is 390 g/mol. The maximum atomic E-state index is 12.6. The molecule has 0 aliphatic heterocycles. The second-order valence-electron chi connectivity index (χ2n) is 6.14. The Labute approximate surface area is 169 Å². The molecule has 3 aromatic carbocycles. The van der Waals surface area contributed by atoms with Gasteiger partial charge >= 0.3 is 0 Å². The van der Waals surface area contributed by atoms with E-state index in [0.29, 0.717) is 40.6 Å². The highest BCUT2D eigenvalue weighted by Crippen LogP contribution is 2.23. The van der Waals surface area contributed by atoms with Gasteiger partial charge in [0.05, 0.1) is 25.1 Å². The fourth-order valence-corrected chi connectivity index (χ4v) is 2.70. The molecule has 0 atom stereocenters. The van der Waals surface area contributed by atoms with Crippen molar-refractivity contribution in [1.82, 2.24) is 0 Å². The zero-order valence-electron chi connectivity index (χ0n) is 16.3. The van der Waals surface area contributed by atoms with E-state index in [1.54, 1.807) is 79.9 Å². The summed E-state index contributed by atoms with van der Waals surface area (Å²) in [4.78, 5) is 25.1. The maximum Gasteiger partial charge on any atom is 0.255 e. The minimum Gasteiger partial charge on any atom is -0.497 e. The van der Waals surface area contributed by atoms with Gasteiger partial charge in [0.2, 0.25) is 0 Å². The highest BCUT2D eigenvalue weighted by atomic mass is 16.5. The van der Waals surface area contributed by atoms with Gasteiger partial charge in [-0.25, -0.2) is 0 Å². The number of methoxy groups -OCH3 is 1. The van der Waals surface area contributed by atoms with Crippen molar-refractivity contribution < 1.29 is 19.1 Å². The molecule has 0 aromatic heterocycles. The third kappa shape index (κ3) is 5.13. The summed E-state index contributed by atoms with van der Waals surface area (Å²) >= 11 is 0. The van der Waals surface area contributed by atoms with E-state index < -0.39 is 0 Å². The summed E-state index contributed by atoms with van der Waals surface area (Å²) in [7, 11) is 1.57. The zero-order chi connectivity index (χ0) is 20.6. The number of ether oxygens (including phenoxy) is 2. The van der Waals surface area contributed by atoms with E-state index in [2.05, 4.69) is 10.6 Å². The van der Waals surface area contributed by atoms with Crippen LogP contribution in [0.4, 0.5) is 11.4 Å². The molecule has 3 rings (SSSR count). The number of hydrogen-bond acceptors (Lipinski definition) is 4. The lowest BCUT2D eigenvalue weighted by atomic mass is 10.1. The van der Waals surface area contributed by atoms with E-state index in [1.807, 2.05) is 6.92 Å². The van der Waals surface area contributed by atoms with Crippen molar-refractivity contribution in [1.29, 1.82) is 0 Å². The Morgan fingerprint density at radius 2 is 1.17 bits per heavy atom. The minimum absolute atomic E-state index is 0.279. The molecule has 0 saturated heterocycles. The average Bonchev–Trinajstić information content (AvgIpc) is 2.76. The van der Waals surface area contributed by atoms with E-state index >= 15 is 0 Å². The van der Waals surface area contributed by atoms with Gasteiger partial charge in [0.25, 0.3) is 11.8 Å². The molecule has 2 amide bonds. The standard InChI is InChI=1S/C23H22N2O4/c1-3-29-19-14-10-17(11-15-19)23(27)25-21-7-5-4-6-20(21)24-22(26)16-8-12-18(28-2)13-9-16/h4-15H,3H2,1-2H3,(H,24,26)(H,25,27). The molecule has 0 unspecified atom stereocenters. The number of amides is 2. The molecular formula is C23H22N2O4. The first-order valence-corrected chi connectivity index (χ1v) is 9.19. The maximum absolute atomic E-state index is 12.6. The first-order valence-electron chi connectivity index (χ1n) is 9.19. The van der Waals surface area contributed by atoms with E-state index in [0.717, 1.165) is 0 Å². The number of para-hydroxylation sites is 2. The SMILES string of the molecule is CCOc1ccc(C(=O)Nc2ccccc2NC(=O)c2ccc(OC)cc2)cc1. The van der Waals surface area contributed by atoms with Gasteiger partial charge in [-0.2, -0.15) is 0 Å². The molecule has 6 heteroatoms. The Balaban J connectivity index is 1.72. The lowest BCUT2D eigenvalue weighted by Gasteiger charge is -2.13. The summed E-state index contributed by atoms with van der Waals surface area (Å²) in [6.45, 7) is 2.46. The van der Waals surface area contributed by atoms with Crippen molar-refractivity contribution in [2.75, 3.05) is 24.4 Å². The molecule has 0 saturated carbocycles. The van der Waals surface area contributed by atoms with Crippen LogP contribution >= 0.6 is 0 Å². The van der Waals surface area contributed by atoms with Gasteiger partial charge in [0, 0.05) is 11.1 Å². The van der Waals surface area contributed by atoms with Crippen molar-refractivity contribution in [2.24, 2.45) is 0 Å². The first kappa shape index (κ1) is 19.9. The quantitative estimate of drug-likeness (QED) is 0.618. The Bertz CT molecular complexity index is 983. The van der Waals surface area contributed by atoms with Crippen LogP contribution in [-0.4, -0.2) is 25.5 Å². The lowest BCUT2D eigenvalue weighted by molar-refractivity contribution is 0.101. The van der Waals surface area contributed by atoms with Crippen LogP contribution < -0.4 is 20.1 Å². The van der Waals surface area contributed by atoms with Crippen LogP contribution in [0.25, 0.3) is 0 Å². The monoisotopic (exact) mass is 390 g/mol. The fraction of sp³-hybridized carbons (Fsp3) is 0.130. The number of hydrogen-bond donors (Lipinski definition) is 2. The molecule has 29 heavy (non-hydrogen) atoms.